The summed E-state index contributed by atoms with van der Waals surface area (Å²) >= 11 is 0. The van der Waals surface area contributed by atoms with Crippen LogP contribution < -0.4 is 0 Å². The molecule has 0 amide bonds. The van der Waals surface area contributed by atoms with Crippen LogP contribution in [0.3, 0.4) is 0 Å². The smallest absolute Gasteiger partial charge is 0.122 e. The minimum absolute atomic E-state index is 0.415. The number of hydrogen-bond donors (Lipinski definition) is 0. The second-order valence-electron chi connectivity index (χ2n) is 5.58. The molecule has 0 bridgehead atoms. The van der Waals surface area contributed by atoms with Gasteiger partial charge in [-0.2, -0.15) is 0 Å². The average molecular weight is 270 g/mol. The molecule has 106 valence electrons. The zero-order valence-electron chi connectivity index (χ0n) is 12.2. The summed E-state index contributed by atoms with van der Waals surface area (Å²) in [7, 11) is 2.19. The number of pyridine rings is 1. The molecule has 4 nitrogen and oxygen atoms in total. The third kappa shape index (κ3) is 2.75. The maximum atomic E-state index is 4.56. The summed E-state index contributed by atoms with van der Waals surface area (Å²) in [5, 5.41) is 0. The van der Waals surface area contributed by atoms with E-state index in [1.54, 1.807) is 0 Å². The van der Waals surface area contributed by atoms with Gasteiger partial charge >= 0.3 is 0 Å². The predicted molar refractivity (Wildman–Crippen MR) is 79.1 cm³/mol. The highest BCUT2D eigenvalue weighted by molar-refractivity contribution is 5.12. The van der Waals surface area contributed by atoms with Gasteiger partial charge in [0.25, 0.3) is 0 Å². The van der Waals surface area contributed by atoms with E-state index in [9.17, 15) is 0 Å². The second-order valence-corrected chi connectivity index (χ2v) is 5.58. The summed E-state index contributed by atoms with van der Waals surface area (Å²) in [6.07, 6.45) is 8.46. The van der Waals surface area contributed by atoms with Crippen LogP contribution >= 0.6 is 0 Å². The summed E-state index contributed by atoms with van der Waals surface area (Å²) in [5.41, 5.74) is 1.19. The van der Waals surface area contributed by atoms with Gasteiger partial charge < -0.3 is 4.57 Å². The number of nitrogens with zero attached hydrogens (tertiary/aromatic N) is 4. The Bertz CT molecular complexity index is 545. The van der Waals surface area contributed by atoms with Gasteiger partial charge in [-0.05, 0) is 44.9 Å². The molecule has 0 N–H and O–H groups in total. The van der Waals surface area contributed by atoms with Crippen molar-refractivity contribution in [3.63, 3.8) is 0 Å². The van der Waals surface area contributed by atoms with Crippen molar-refractivity contribution in [2.45, 2.75) is 38.9 Å². The van der Waals surface area contributed by atoms with E-state index in [-0.39, 0.29) is 0 Å². The van der Waals surface area contributed by atoms with E-state index in [1.807, 2.05) is 18.5 Å². The monoisotopic (exact) mass is 270 g/mol. The third-order valence-corrected chi connectivity index (χ3v) is 4.07. The summed E-state index contributed by atoms with van der Waals surface area (Å²) < 4.78 is 2.21. The minimum Gasteiger partial charge on any atom is -0.334 e. The van der Waals surface area contributed by atoms with Crippen LogP contribution in [0.15, 0.2) is 36.8 Å². The Morgan fingerprint density at radius 3 is 2.80 bits per heavy atom. The highest BCUT2D eigenvalue weighted by atomic mass is 15.2. The first-order chi connectivity index (χ1) is 9.79. The van der Waals surface area contributed by atoms with Crippen molar-refractivity contribution in [2.75, 3.05) is 7.05 Å². The number of rotatable bonds is 6. The molecule has 1 fully saturated rings. The molecule has 1 atom stereocenters. The van der Waals surface area contributed by atoms with Crippen LogP contribution in [0.25, 0.3) is 0 Å². The van der Waals surface area contributed by atoms with Crippen LogP contribution in [0.2, 0.25) is 0 Å². The highest BCUT2D eigenvalue weighted by Gasteiger charge is 2.36. The van der Waals surface area contributed by atoms with Crippen molar-refractivity contribution >= 4 is 0 Å². The Morgan fingerprint density at radius 2 is 2.15 bits per heavy atom. The number of imidazole rings is 1. The number of aryl methyl sites for hydroxylation is 1. The maximum absolute atomic E-state index is 4.56. The van der Waals surface area contributed by atoms with Crippen LogP contribution in [-0.2, 0) is 13.1 Å². The van der Waals surface area contributed by atoms with Crippen molar-refractivity contribution in [3.8, 4) is 0 Å². The van der Waals surface area contributed by atoms with Gasteiger partial charge in [-0.3, -0.25) is 9.88 Å². The van der Waals surface area contributed by atoms with Crippen molar-refractivity contribution < 1.29 is 0 Å². The molecule has 1 saturated carbocycles. The Morgan fingerprint density at radius 1 is 1.30 bits per heavy atom. The molecule has 1 aliphatic carbocycles. The van der Waals surface area contributed by atoms with Crippen molar-refractivity contribution in [1.29, 1.82) is 0 Å². The molecule has 0 aliphatic heterocycles. The van der Waals surface area contributed by atoms with Crippen LogP contribution in [0.4, 0.5) is 0 Å². The van der Waals surface area contributed by atoms with Gasteiger partial charge in [0, 0.05) is 25.1 Å². The van der Waals surface area contributed by atoms with Crippen LogP contribution in [0.1, 0.15) is 37.3 Å². The minimum atomic E-state index is 0.415. The molecule has 2 heterocycles. The molecule has 4 heteroatoms. The molecule has 0 aromatic carbocycles. The topological polar surface area (TPSA) is 34.0 Å². The van der Waals surface area contributed by atoms with Gasteiger partial charge in [0.1, 0.15) is 5.82 Å². The summed E-state index contributed by atoms with van der Waals surface area (Å²) in [4.78, 5) is 11.4. The fourth-order valence-corrected chi connectivity index (χ4v) is 2.89. The summed E-state index contributed by atoms with van der Waals surface area (Å²) in [5.74, 6) is 1.89. The van der Waals surface area contributed by atoms with E-state index >= 15 is 0 Å². The lowest BCUT2D eigenvalue weighted by molar-refractivity contribution is 0.201. The van der Waals surface area contributed by atoms with E-state index in [0.29, 0.717) is 6.04 Å². The lowest BCUT2D eigenvalue weighted by Gasteiger charge is -2.27. The van der Waals surface area contributed by atoms with Gasteiger partial charge in [0.2, 0.25) is 0 Å². The predicted octanol–water partition coefficient (Wildman–Crippen LogP) is 2.88. The van der Waals surface area contributed by atoms with Gasteiger partial charge in [0.15, 0.2) is 0 Å². The SMILES string of the molecule is CCn1ccnc1CN(C)[C@@H](c1ccccn1)C1CC1. The Labute approximate surface area is 120 Å². The summed E-state index contributed by atoms with van der Waals surface area (Å²) in [6, 6.07) is 6.62. The van der Waals surface area contributed by atoms with Gasteiger partial charge in [-0.15, -0.1) is 0 Å². The van der Waals surface area contributed by atoms with Crippen molar-refractivity contribution in [1.82, 2.24) is 19.4 Å². The molecular formula is C16H22N4. The van der Waals surface area contributed by atoms with E-state index in [1.165, 1.54) is 18.5 Å². The Balaban J connectivity index is 1.78. The van der Waals surface area contributed by atoms with E-state index in [4.69, 9.17) is 0 Å². The molecular weight excluding hydrogens is 248 g/mol. The number of hydrogen-bond acceptors (Lipinski definition) is 3. The first kappa shape index (κ1) is 13.3. The van der Waals surface area contributed by atoms with Crippen molar-refractivity contribution in [3.05, 3.63) is 48.3 Å². The molecule has 2 aromatic heterocycles. The van der Waals surface area contributed by atoms with Crippen LogP contribution in [0, 0.1) is 5.92 Å². The molecule has 1 aliphatic rings. The molecule has 0 radical (unpaired) electrons. The quantitative estimate of drug-likeness (QED) is 0.809. The second kappa shape index (κ2) is 5.75. The fraction of sp³-hybridized carbons (Fsp3) is 0.500. The van der Waals surface area contributed by atoms with Gasteiger partial charge in [0.05, 0.1) is 18.3 Å². The van der Waals surface area contributed by atoms with Crippen LogP contribution in [-0.4, -0.2) is 26.5 Å². The van der Waals surface area contributed by atoms with E-state index < -0.39 is 0 Å². The Kier molecular flexibility index (Phi) is 3.83. The normalized spacial score (nSPS) is 16.6. The van der Waals surface area contributed by atoms with Gasteiger partial charge in [-0.1, -0.05) is 6.07 Å². The number of aromatic nitrogens is 3. The highest BCUT2D eigenvalue weighted by Crippen LogP contribution is 2.43. The first-order valence-corrected chi connectivity index (χ1v) is 7.40. The summed E-state index contributed by atoms with van der Waals surface area (Å²) in [6.45, 7) is 4.00. The Hall–Kier alpha value is -1.68. The standard InChI is InChI=1S/C16H22N4/c1-3-20-11-10-18-15(20)12-19(2)16(13-7-8-13)14-6-4-5-9-17-14/h4-6,9-11,13,16H,3,7-8,12H2,1-2H3/t16-/m1/s1. The average Bonchev–Trinajstić information content (AvgIpc) is 3.19. The van der Waals surface area contributed by atoms with Crippen molar-refractivity contribution in [2.24, 2.45) is 5.92 Å². The zero-order valence-corrected chi connectivity index (χ0v) is 12.2. The molecule has 2 aromatic rings. The first-order valence-electron chi connectivity index (χ1n) is 7.40. The van der Waals surface area contributed by atoms with Gasteiger partial charge in [-0.25, -0.2) is 4.98 Å². The molecule has 0 spiro atoms. The lowest BCUT2D eigenvalue weighted by atomic mass is 10.1. The van der Waals surface area contributed by atoms with E-state index in [0.717, 1.165) is 24.8 Å². The molecule has 20 heavy (non-hydrogen) atoms. The fourth-order valence-electron chi connectivity index (χ4n) is 2.89. The lowest BCUT2D eigenvalue weighted by Crippen LogP contribution is -2.28. The largest absolute Gasteiger partial charge is 0.334 e. The van der Waals surface area contributed by atoms with Crippen LogP contribution in [0.5, 0.6) is 0 Å². The van der Waals surface area contributed by atoms with E-state index in [2.05, 4.69) is 51.7 Å². The maximum Gasteiger partial charge on any atom is 0.122 e. The molecule has 0 unspecified atom stereocenters. The molecule has 0 saturated heterocycles. The third-order valence-electron chi connectivity index (χ3n) is 4.07. The zero-order chi connectivity index (χ0) is 13.9. The molecule has 3 rings (SSSR count).